The monoisotopic (exact) mass is 194 g/mol. The zero-order valence-corrected chi connectivity index (χ0v) is 8.14. The van der Waals surface area contributed by atoms with Crippen LogP contribution < -0.4 is 0 Å². The third-order valence-corrected chi connectivity index (χ3v) is 3.98. The average molecular weight is 194 g/mol. The van der Waals surface area contributed by atoms with Gasteiger partial charge < -0.3 is 0 Å². The van der Waals surface area contributed by atoms with Gasteiger partial charge in [0.25, 0.3) is 0 Å². The molecule has 13 heavy (non-hydrogen) atoms. The Morgan fingerprint density at radius 2 is 2.00 bits per heavy atom. The van der Waals surface area contributed by atoms with Crippen LogP contribution in [0.2, 0.25) is 0 Å². The maximum absolute atomic E-state index is 11.6. The Kier molecular flexibility index (Phi) is 1.77. The summed E-state index contributed by atoms with van der Waals surface area (Å²) in [6.45, 7) is 1.87. The molecule has 0 aromatic heterocycles. The van der Waals surface area contributed by atoms with Crippen LogP contribution in [0.25, 0.3) is 5.57 Å². The standard InChI is InChI=1S/C10H10O2S/c1-2-8-7-13(11,12)10-6-4-3-5-9(8)10/h2-6H,7H2,1H3/b8-2-. The van der Waals surface area contributed by atoms with E-state index in [4.69, 9.17) is 0 Å². The van der Waals surface area contributed by atoms with Gasteiger partial charge in [-0.05, 0) is 24.1 Å². The Labute approximate surface area is 77.8 Å². The normalized spacial score (nSPS) is 21.8. The lowest BCUT2D eigenvalue weighted by atomic mass is 10.1. The maximum Gasteiger partial charge on any atom is 0.183 e. The number of hydrogen-bond donors (Lipinski definition) is 0. The van der Waals surface area contributed by atoms with Crippen LogP contribution in [0.5, 0.6) is 0 Å². The van der Waals surface area contributed by atoms with Gasteiger partial charge >= 0.3 is 0 Å². The summed E-state index contributed by atoms with van der Waals surface area (Å²) in [7, 11) is -3.04. The summed E-state index contributed by atoms with van der Waals surface area (Å²) in [5, 5.41) is 0. The molecule has 1 aliphatic rings. The highest BCUT2D eigenvalue weighted by atomic mass is 32.2. The van der Waals surface area contributed by atoms with E-state index >= 15 is 0 Å². The number of allylic oxidation sites excluding steroid dienone is 1. The molecular weight excluding hydrogens is 184 g/mol. The lowest BCUT2D eigenvalue weighted by Gasteiger charge is -1.95. The van der Waals surface area contributed by atoms with Gasteiger partial charge in [-0.2, -0.15) is 0 Å². The summed E-state index contributed by atoms with van der Waals surface area (Å²) in [5.74, 6) is 0.156. The molecule has 3 heteroatoms. The molecule has 68 valence electrons. The van der Waals surface area contributed by atoms with Gasteiger partial charge in [-0.25, -0.2) is 8.42 Å². The fraction of sp³-hybridized carbons (Fsp3) is 0.200. The van der Waals surface area contributed by atoms with Crippen molar-refractivity contribution in [2.75, 3.05) is 5.75 Å². The van der Waals surface area contributed by atoms with Crippen LogP contribution in [0.4, 0.5) is 0 Å². The molecule has 0 amide bonds. The van der Waals surface area contributed by atoms with Crippen LogP contribution in [-0.4, -0.2) is 14.2 Å². The van der Waals surface area contributed by atoms with E-state index in [1.54, 1.807) is 12.1 Å². The molecule has 1 aromatic rings. The fourth-order valence-corrected chi connectivity index (χ4v) is 3.31. The van der Waals surface area contributed by atoms with Gasteiger partial charge in [0.2, 0.25) is 0 Å². The molecule has 0 unspecified atom stereocenters. The van der Waals surface area contributed by atoms with E-state index in [1.807, 2.05) is 25.1 Å². The van der Waals surface area contributed by atoms with Crippen molar-refractivity contribution in [3.05, 3.63) is 35.9 Å². The lowest BCUT2D eigenvalue weighted by molar-refractivity contribution is 0.601. The van der Waals surface area contributed by atoms with E-state index in [-0.39, 0.29) is 5.75 Å². The van der Waals surface area contributed by atoms with E-state index < -0.39 is 9.84 Å². The number of rotatable bonds is 0. The molecule has 0 saturated carbocycles. The van der Waals surface area contributed by atoms with Gasteiger partial charge in [0, 0.05) is 0 Å². The molecule has 0 fully saturated rings. The Bertz CT molecular complexity index is 469. The lowest BCUT2D eigenvalue weighted by Crippen LogP contribution is -1.97. The highest BCUT2D eigenvalue weighted by molar-refractivity contribution is 7.92. The molecule has 0 bridgehead atoms. The summed E-state index contributed by atoms with van der Waals surface area (Å²) in [4.78, 5) is 0.475. The topological polar surface area (TPSA) is 34.1 Å². The summed E-state index contributed by atoms with van der Waals surface area (Å²) < 4.78 is 23.2. The molecule has 2 nitrogen and oxygen atoms in total. The smallest absolute Gasteiger partial charge is 0.183 e. The van der Waals surface area contributed by atoms with E-state index in [0.717, 1.165) is 11.1 Å². The van der Waals surface area contributed by atoms with E-state index in [9.17, 15) is 8.42 Å². The van der Waals surface area contributed by atoms with Crippen LogP contribution in [0.15, 0.2) is 35.2 Å². The Balaban J connectivity index is 2.79. The number of sulfone groups is 1. The molecule has 2 rings (SSSR count). The molecular formula is C10H10O2S. The van der Waals surface area contributed by atoms with Gasteiger partial charge in [0.05, 0.1) is 10.6 Å². The quantitative estimate of drug-likeness (QED) is 0.632. The van der Waals surface area contributed by atoms with Crippen molar-refractivity contribution in [2.24, 2.45) is 0 Å². The van der Waals surface area contributed by atoms with E-state index in [2.05, 4.69) is 0 Å². The minimum absolute atomic E-state index is 0.156. The van der Waals surface area contributed by atoms with Crippen LogP contribution in [-0.2, 0) is 9.84 Å². The second-order valence-corrected chi connectivity index (χ2v) is 5.03. The number of hydrogen-bond acceptors (Lipinski definition) is 2. The first-order chi connectivity index (χ1) is 6.15. The molecule has 0 N–H and O–H groups in total. The number of fused-ring (bicyclic) bond motifs is 1. The Hall–Kier alpha value is -1.09. The largest absolute Gasteiger partial charge is 0.223 e. The second-order valence-electron chi connectivity index (χ2n) is 3.07. The van der Waals surface area contributed by atoms with Crippen LogP contribution in [0, 0.1) is 0 Å². The molecule has 0 radical (unpaired) electrons. The van der Waals surface area contributed by atoms with Crippen molar-refractivity contribution >= 4 is 15.4 Å². The zero-order chi connectivity index (χ0) is 9.47. The van der Waals surface area contributed by atoms with E-state index in [0.29, 0.717) is 4.90 Å². The van der Waals surface area contributed by atoms with Gasteiger partial charge in [-0.1, -0.05) is 24.3 Å². The molecule has 0 atom stereocenters. The molecule has 0 aliphatic carbocycles. The molecule has 0 saturated heterocycles. The Morgan fingerprint density at radius 1 is 1.31 bits per heavy atom. The van der Waals surface area contributed by atoms with Gasteiger partial charge in [-0.3, -0.25) is 0 Å². The first-order valence-corrected chi connectivity index (χ1v) is 5.78. The molecule has 1 heterocycles. The first kappa shape index (κ1) is 8.51. The van der Waals surface area contributed by atoms with Crippen molar-refractivity contribution in [1.29, 1.82) is 0 Å². The van der Waals surface area contributed by atoms with Crippen molar-refractivity contribution in [3.8, 4) is 0 Å². The second kappa shape index (κ2) is 2.70. The van der Waals surface area contributed by atoms with Crippen molar-refractivity contribution in [2.45, 2.75) is 11.8 Å². The maximum atomic E-state index is 11.6. The minimum Gasteiger partial charge on any atom is -0.223 e. The van der Waals surface area contributed by atoms with Crippen molar-refractivity contribution in [1.82, 2.24) is 0 Å². The third-order valence-electron chi connectivity index (χ3n) is 2.26. The highest BCUT2D eigenvalue weighted by Crippen LogP contribution is 2.33. The fourth-order valence-electron chi connectivity index (χ4n) is 1.60. The van der Waals surface area contributed by atoms with Gasteiger partial charge in [-0.15, -0.1) is 0 Å². The summed E-state index contributed by atoms with van der Waals surface area (Å²) in [6.07, 6.45) is 1.86. The van der Waals surface area contributed by atoms with Crippen LogP contribution in [0.1, 0.15) is 12.5 Å². The molecule has 1 aromatic carbocycles. The third kappa shape index (κ3) is 1.20. The molecule has 1 aliphatic heterocycles. The summed E-state index contributed by atoms with van der Waals surface area (Å²) in [6, 6.07) is 7.15. The Morgan fingerprint density at radius 3 is 2.69 bits per heavy atom. The predicted molar refractivity (Wildman–Crippen MR) is 52.1 cm³/mol. The average Bonchev–Trinajstić information content (AvgIpc) is 2.39. The van der Waals surface area contributed by atoms with Crippen LogP contribution in [0.3, 0.4) is 0 Å². The van der Waals surface area contributed by atoms with E-state index in [1.165, 1.54) is 0 Å². The van der Waals surface area contributed by atoms with Gasteiger partial charge in [0.1, 0.15) is 0 Å². The SMILES string of the molecule is C/C=C1/CS(=O)(=O)c2ccccc21. The molecule has 0 spiro atoms. The minimum atomic E-state index is -3.04. The van der Waals surface area contributed by atoms with Crippen LogP contribution >= 0.6 is 0 Å². The first-order valence-electron chi connectivity index (χ1n) is 4.12. The number of benzene rings is 1. The zero-order valence-electron chi connectivity index (χ0n) is 7.32. The van der Waals surface area contributed by atoms with Crippen molar-refractivity contribution in [3.63, 3.8) is 0 Å². The summed E-state index contributed by atoms with van der Waals surface area (Å²) in [5.41, 5.74) is 1.78. The van der Waals surface area contributed by atoms with Gasteiger partial charge in [0.15, 0.2) is 9.84 Å². The van der Waals surface area contributed by atoms with Crippen molar-refractivity contribution < 1.29 is 8.42 Å². The predicted octanol–water partition coefficient (Wildman–Crippen LogP) is 1.88. The summed E-state index contributed by atoms with van der Waals surface area (Å²) >= 11 is 0. The highest BCUT2D eigenvalue weighted by Gasteiger charge is 2.28.